The minimum atomic E-state index is -0.841. The molecule has 0 radical (unpaired) electrons. The van der Waals surface area contributed by atoms with Gasteiger partial charge in [0.15, 0.2) is 0 Å². The largest absolute Gasteiger partial charge is 0.478 e. The van der Waals surface area contributed by atoms with Crippen molar-refractivity contribution in [1.82, 2.24) is 0 Å². The van der Waals surface area contributed by atoms with Gasteiger partial charge in [-0.25, -0.2) is 4.79 Å². The first-order valence-electron chi connectivity index (χ1n) is 8.20. The standard InChI is InChI=1S/C19H21NO2/c21-19(22)16-11-5-10-15-13-8-4-9-14(13)17(20-18(15)16)12-6-2-1-3-7-12/h1-2,4-5,8,10-14,17,20H,3,6-7,9H2,(H,21,22). The number of para-hydroxylation sites is 1. The Bertz CT molecular complexity index is 661. The van der Waals surface area contributed by atoms with Crippen LogP contribution in [0.3, 0.4) is 0 Å². The van der Waals surface area contributed by atoms with Gasteiger partial charge >= 0.3 is 5.97 Å². The van der Waals surface area contributed by atoms with Crippen LogP contribution in [0.5, 0.6) is 0 Å². The van der Waals surface area contributed by atoms with Crippen molar-refractivity contribution in [3.63, 3.8) is 0 Å². The van der Waals surface area contributed by atoms with Gasteiger partial charge in [0.1, 0.15) is 0 Å². The van der Waals surface area contributed by atoms with Crippen molar-refractivity contribution in [2.24, 2.45) is 11.8 Å². The Labute approximate surface area is 130 Å². The van der Waals surface area contributed by atoms with Gasteiger partial charge in [-0.15, -0.1) is 0 Å². The Morgan fingerprint density at radius 3 is 2.86 bits per heavy atom. The van der Waals surface area contributed by atoms with E-state index in [9.17, 15) is 9.90 Å². The van der Waals surface area contributed by atoms with Gasteiger partial charge in [-0.1, -0.05) is 36.4 Å². The van der Waals surface area contributed by atoms with E-state index < -0.39 is 5.97 Å². The third kappa shape index (κ3) is 2.07. The second-order valence-electron chi connectivity index (χ2n) is 6.64. The fraction of sp³-hybridized carbons (Fsp3) is 0.421. The van der Waals surface area contributed by atoms with Gasteiger partial charge in [-0.2, -0.15) is 0 Å². The first-order valence-corrected chi connectivity index (χ1v) is 8.20. The van der Waals surface area contributed by atoms with Crippen LogP contribution in [-0.2, 0) is 0 Å². The number of nitrogens with one attached hydrogen (secondary N) is 1. The molecule has 3 nitrogen and oxygen atoms in total. The molecule has 1 aliphatic heterocycles. The topological polar surface area (TPSA) is 49.3 Å². The highest BCUT2D eigenvalue weighted by molar-refractivity contribution is 5.95. The number of anilines is 1. The van der Waals surface area contributed by atoms with E-state index in [2.05, 4.69) is 35.7 Å². The van der Waals surface area contributed by atoms with Crippen molar-refractivity contribution in [1.29, 1.82) is 0 Å². The van der Waals surface area contributed by atoms with Gasteiger partial charge in [0.2, 0.25) is 0 Å². The maximum absolute atomic E-state index is 11.6. The van der Waals surface area contributed by atoms with E-state index in [4.69, 9.17) is 0 Å². The molecule has 3 heteroatoms. The number of hydrogen-bond acceptors (Lipinski definition) is 2. The predicted octanol–water partition coefficient (Wildman–Crippen LogP) is 4.19. The highest BCUT2D eigenvalue weighted by Crippen LogP contribution is 2.48. The molecule has 114 valence electrons. The number of hydrogen-bond donors (Lipinski definition) is 2. The van der Waals surface area contributed by atoms with E-state index in [1.165, 1.54) is 6.42 Å². The fourth-order valence-corrected chi connectivity index (χ4v) is 4.45. The summed E-state index contributed by atoms with van der Waals surface area (Å²) in [7, 11) is 0. The van der Waals surface area contributed by atoms with Gasteiger partial charge in [-0.3, -0.25) is 0 Å². The summed E-state index contributed by atoms with van der Waals surface area (Å²) in [6.45, 7) is 0. The number of carbonyl (C=O) groups is 1. The van der Waals surface area contributed by atoms with Crippen molar-refractivity contribution >= 4 is 11.7 Å². The zero-order valence-corrected chi connectivity index (χ0v) is 12.5. The molecule has 0 saturated heterocycles. The van der Waals surface area contributed by atoms with Crippen LogP contribution in [0.15, 0.2) is 42.5 Å². The van der Waals surface area contributed by atoms with Crippen LogP contribution in [-0.4, -0.2) is 17.1 Å². The number of carboxylic acid groups (broad SMARTS) is 1. The van der Waals surface area contributed by atoms with E-state index in [1.54, 1.807) is 6.07 Å². The van der Waals surface area contributed by atoms with Gasteiger partial charge in [-0.05, 0) is 49.1 Å². The van der Waals surface area contributed by atoms with Crippen molar-refractivity contribution in [3.8, 4) is 0 Å². The zero-order valence-electron chi connectivity index (χ0n) is 12.5. The molecule has 0 amide bonds. The average molecular weight is 295 g/mol. The molecule has 3 aliphatic rings. The summed E-state index contributed by atoms with van der Waals surface area (Å²) in [5, 5.41) is 13.1. The van der Waals surface area contributed by atoms with Crippen LogP contribution < -0.4 is 5.32 Å². The van der Waals surface area contributed by atoms with Crippen molar-refractivity contribution in [3.05, 3.63) is 53.6 Å². The molecular weight excluding hydrogens is 274 g/mol. The summed E-state index contributed by atoms with van der Waals surface area (Å²) in [4.78, 5) is 11.6. The van der Waals surface area contributed by atoms with E-state index in [0.717, 1.165) is 30.5 Å². The Hall–Kier alpha value is -2.03. The summed E-state index contributed by atoms with van der Waals surface area (Å²) in [5.41, 5.74) is 2.41. The Balaban J connectivity index is 1.76. The maximum Gasteiger partial charge on any atom is 0.337 e. The molecule has 2 N–H and O–H groups in total. The van der Waals surface area contributed by atoms with Gasteiger partial charge in [0.05, 0.1) is 11.3 Å². The normalized spacial score (nSPS) is 32.2. The maximum atomic E-state index is 11.6. The number of allylic oxidation sites excluding steroid dienone is 4. The van der Waals surface area contributed by atoms with Crippen LogP contribution in [0.2, 0.25) is 0 Å². The lowest BCUT2D eigenvalue weighted by molar-refractivity contribution is 0.0697. The molecule has 4 atom stereocenters. The quantitative estimate of drug-likeness (QED) is 0.804. The number of fused-ring (bicyclic) bond motifs is 3. The lowest BCUT2D eigenvalue weighted by Gasteiger charge is -2.42. The molecule has 1 aromatic carbocycles. The van der Waals surface area contributed by atoms with Crippen molar-refractivity contribution < 1.29 is 9.90 Å². The van der Waals surface area contributed by atoms with Gasteiger partial charge < -0.3 is 10.4 Å². The SMILES string of the molecule is O=C(O)c1cccc2c1NC(C1CC=CCC1)C1CC=CC21. The third-order valence-electron chi connectivity index (χ3n) is 5.49. The first-order chi connectivity index (χ1) is 10.8. The molecule has 4 rings (SSSR count). The molecule has 0 spiro atoms. The number of rotatable bonds is 2. The number of benzene rings is 1. The van der Waals surface area contributed by atoms with E-state index in [0.29, 0.717) is 29.4 Å². The molecule has 1 heterocycles. The minimum absolute atomic E-state index is 0.367. The van der Waals surface area contributed by atoms with E-state index in [-0.39, 0.29) is 0 Å². The van der Waals surface area contributed by atoms with Crippen LogP contribution in [0.4, 0.5) is 5.69 Å². The zero-order chi connectivity index (χ0) is 15.1. The molecular formula is C19H21NO2. The molecule has 22 heavy (non-hydrogen) atoms. The molecule has 2 aliphatic carbocycles. The molecule has 0 saturated carbocycles. The molecule has 4 unspecified atom stereocenters. The Morgan fingerprint density at radius 1 is 1.18 bits per heavy atom. The van der Waals surface area contributed by atoms with Crippen LogP contribution >= 0.6 is 0 Å². The Kier molecular flexibility index (Phi) is 3.29. The second kappa shape index (κ2) is 5.31. The lowest BCUT2D eigenvalue weighted by atomic mass is 9.71. The summed E-state index contributed by atoms with van der Waals surface area (Å²) < 4.78 is 0. The Morgan fingerprint density at radius 2 is 2.09 bits per heavy atom. The summed E-state index contributed by atoms with van der Waals surface area (Å²) in [6.07, 6.45) is 13.6. The third-order valence-corrected chi connectivity index (χ3v) is 5.49. The van der Waals surface area contributed by atoms with Crippen molar-refractivity contribution in [2.75, 3.05) is 5.32 Å². The molecule has 1 aromatic rings. The smallest absolute Gasteiger partial charge is 0.337 e. The van der Waals surface area contributed by atoms with Crippen molar-refractivity contribution in [2.45, 2.75) is 37.6 Å². The summed E-state index contributed by atoms with van der Waals surface area (Å²) in [5.74, 6) is 0.693. The molecule has 0 fully saturated rings. The lowest BCUT2D eigenvalue weighted by Crippen LogP contribution is -2.42. The molecule has 0 aromatic heterocycles. The minimum Gasteiger partial charge on any atom is -0.478 e. The second-order valence-corrected chi connectivity index (χ2v) is 6.64. The fourth-order valence-electron chi connectivity index (χ4n) is 4.45. The van der Waals surface area contributed by atoms with E-state index >= 15 is 0 Å². The summed E-state index contributed by atoms with van der Waals surface area (Å²) in [6, 6.07) is 6.04. The highest BCUT2D eigenvalue weighted by Gasteiger charge is 2.41. The first kappa shape index (κ1) is 13.6. The number of carboxylic acids is 1. The van der Waals surface area contributed by atoms with Crippen LogP contribution in [0.25, 0.3) is 0 Å². The number of aromatic carboxylic acids is 1. The molecule has 0 bridgehead atoms. The van der Waals surface area contributed by atoms with Gasteiger partial charge in [0, 0.05) is 12.0 Å². The van der Waals surface area contributed by atoms with E-state index in [1.807, 2.05) is 6.07 Å². The highest BCUT2D eigenvalue weighted by atomic mass is 16.4. The average Bonchev–Trinajstić information content (AvgIpc) is 3.04. The monoisotopic (exact) mass is 295 g/mol. The van der Waals surface area contributed by atoms with Crippen LogP contribution in [0.1, 0.15) is 47.5 Å². The van der Waals surface area contributed by atoms with Gasteiger partial charge in [0.25, 0.3) is 0 Å². The summed E-state index contributed by atoms with van der Waals surface area (Å²) >= 11 is 0. The van der Waals surface area contributed by atoms with Crippen LogP contribution in [0, 0.1) is 11.8 Å². The predicted molar refractivity (Wildman–Crippen MR) is 87.3 cm³/mol.